The van der Waals surface area contributed by atoms with Crippen molar-refractivity contribution in [3.8, 4) is 0 Å². The highest BCUT2D eigenvalue weighted by Crippen LogP contribution is 2.24. The molecule has 0 saturated heterocycles. The summed E-state index contributed by atoms with van der Waals surface area (Å²) in [5.41, 5.74) is 2.19. The van der Waals surface area contributed by atoms with E-state index in [1.54, 1.807) is 10.7 Å². The first kappa shape index (κ1) is 13.2. The lowest BCUT2D eigenvalue weighted by Gasteiger charge is -2.15. The lowest BCUT2D eigenvalue weighted by atomic mass is 10.0. The maximum atomic E-state index is 13.0. The molecule has 18 heavy (non-hydrogen) atoms. The second-order valence-electron chi connectivity index (χ2n) is 4.23. The predicted octanol–water partition coefficient (Wildman–Crippen LogP) is 2.82. The molecule has 0 spiro atoms. The Balaban J connectivity index is 2.20. The normalized spacial score (nSPS) is 12.7. The molecule has 0 bridgehead atoms. The van der Waals surface area contributed by atoms with Crippen molar-refractivity contribution in [1.82, 2.24) is 15.1 Å². The first-order chi connectivity index (χ1) is 8.60. The second-order valence-corrected chi connectivity index (χ2v) is 5.08. The Morgan fingerprint density at radius 3 is 2.83 bits per heavy atom. The van der Waals surface area contributed by atoms with Crippen LogP contribution in [-0.4, -0.2) is 16.8 Å². The van der Waals surface area contributed by atoms with Gasteiger partial charge in [-0.2, -0.15) is 5.10 Å². The molecule has 1 atom stereocenters. The van der Waals surface area contributed by atoms with Crippen LogP contribution < -0.4 is 5.32 Å². The number of rotatable bonds is 4. The van der Waals surface area contributed by atoms with Crippen molar-refractivity contribution in [3.05, 3.63) is 52.0 Å². The second kappa shape index (κ2) is 5.63. The molecule has 1 aromatic heterocycles. The maximum absolute atomic E-state index is 13.0. The zero-order valence-electron chi connectivity index (χ0n) is 10.3. The number of likely N-dealkylation sites (N-methyl/N-ethyl adjacent to an activating group) is 1. The number of aromatic nitrogens is 2. The molecule has 0 aliphatic rings. The number of benzene rings is 1. The minimum atomic E-state index is -0.229. The van der Waals surface area contributed by atoms with Crippen molar-refractivity contribution in [2.24, 2.45) is 7.05 Å². The van der Waals surface area contributed by atoms with Crippen LogP contribution in [0.3, 0.4) is 0 Å². The van der Waals surface area contributed by atoms with E-state index in [0.717, 1.165) is 22.0 Å². The number of nitrogens with one attached hydrogen (secondary N) is 1. The average molecular weight is 312 g/mol. The van der Waals surface area contributed by atoms with Gasteiger partial charge >= 0.3 is 0 Å². The Kier molecular flexibility index (Phi) is 4.14. The van der Waals surface area contributed by atoms with Gasteiger partial charge in [-0.3, -0.25) is 4.68 Å². The Morgan fingerprint density at radius 2 is 2.28 bits per heavy atom. The summed E-state index contributed by atoms with van der Waals surface area (Å²) < 4.78 is 15.6. The standard InChI is InChI=1S/C13H15BrFN3/c1-16-13(10-7-17-18(2)8-10)5-9-3-4-11(15)6-12(9)14/h3-4,6-8,13,16H,5H2,1-2H3. The highest BCUT2D eigenvalue weighted by atomic mass is 79.9. The molecule has 1 aromatic carbocycles. The summed E-state index contributed by atoms with van der Waals surface area (Å²) in [6, 6.07) is 4.95. The van der Waals surface area contributed by atoms with E-state index in [4.69, 9.17) is 0 Å². The number of halogens is 2. The Labute approximate surface area is 114 Å². The van der Waals surface area contributed by atoms with Crippen LogP contribution >= 0.6 is 15.9 Å². The predicted molar refractivity (Wildman–Crippen MR) is 72.8 cm³/mol. The van der Waals surface area contributed by atoms with E-state index in [1.807, 2.05) is 26.5 Å². The molecule has 0 fully saturated rings. The fourth-order valence-electron chi connectivity index (χ4n) is 1.91. The summed E-state index contributed by atoms with van der Waals surface area (Å²) >= 11 is 3.39. The zero-order valence-corrected chi connectivity index (χ0v) is 11.9. The van der Waals surface area contributed by atoms with Crippen LogP contribution in [0.4, 0.5) is 4.39 Å². The van der Waals surface area contributed by atoms with Crippen LogP contribution in [0, 0.1) is 5.82 Å². The number of hydrogen-bond acceptors (Lipinski definition) is 2. The molecule has 3 nitrogen and oxygen atoms in total. The topological polar surface area (TPSA) is 29.9 Å². The van der Waals surface area contributed by atoms with Crippen molar-refractivity contribution in [2.45, 2.75) is 12.5 Å². The summed E-state index contributed by atoms with van der Waals surface area (Å²) in [5.74, 6) is -0.229. The summed E-state index contributed by atoms with van der Waals surface area (Å²) in [6.07, 6.45) is 4.61. The van der Waals surface area contributed by atoms with Gasteiger partial charge in [-0.05, 0) is 31.2 Å². The smallest absolute Gasteiger partial charge is 0.124 e. The van der Waals surface area contributed by atoms with E-state index in [2.05, 4.69) is 26.3 Å². The Morgan fingerprint density at radius 1 is 1.50 bits per heavy atom. The van der Waals surface area contributed by atoms with E-state index in [0.29, 0.717) is 0 Å². The third-order valence-electron chi connectivity index (χ3n) is 2.91. The minimum Gasteiger partial charge on any atom is -0.313 e. The molecule has 0 saturated carbocycles. The lowest BCUT2D eigenvalue weighted by Crippen LogP contribution is -2.18. The molecule has 2 rings (SSSR count). The molecule has 0 radical (unpaired) electrons. The number of nitrogens with zero attached hydrogens (tertiary/aromatic N) is 2. The maximum Gasteiger partial charge on any atom is 0.124 e. The Bertz CT molecular complexity index is 539. The zero-order chi connectivity index (χ0) is 13.1. The number of aryl methyl sites for hydroxylation is 1. The first-order valence-electron chi connectivity index (χ1n) is 5.70. The molecular formula is C13H15BrFN3. The molecule has 1 N–H and O–H groups in total. The van der Waals surface area contributed by atoms with Crippen LogP contribution in [0.25, 0.3) is 0 Å². The van der Waals surface area contributed by atoms with Crippen molar-refractivity contribution in [2.75, 3.05) is 7.05 Å². The van der Waals surface area contributed by atoms with E-state index >= 15 is 0 Å². The van der Waals surface area contributed by atoms with Gasteiger partial charge in [-0.25, -0.2) is 4.39 Å². The van der Waals surface area contributed by atoms with Crippen molar-refractivity contribution in [3.63, 3.8) is 0 Å². The van der Waals surface area contributed by atoms with Crippen LogP contribution in [0.5, 0.6) is 0 Å². The van der Waals surface area contributed by atoms with E-state index in [1.165, 1.54) is 12.1 Å². The fraction of sp³-hybridized carbons (Fsp3) is 0.308. The molecule has 0 amide bonds. The SMILES string of the molecule is CNC(Cc1ccc(F)cc1Br)c1cnn(C)c1. The van der Waals surface area contributed by atoms with Gasteiger partial charge in [0.1, 0.15) is 5.82 Å². The molecule has 2 aromatic rings. The van der Waals surface area contributed by atoms with Gasteiger partial charge in [0.2, 0.25) is 0 Å². The van der Waals surface area contributed by atoms with Gasteiger partial charge in [0.05, 0.1) is 6.20 Å². The minimum absolute atomic E-state index is 0.167. The van der Waals surface area contributed by atoms with Gasteiger partial charge in [0.25, 0.3) is 0 Å². The Hall–Kier alpha value is -1.20. The average Bonchev–Trinajstić information content (AvgIpc) is 2.75. The van der Waals surface area contributed by atoms with Crippen molar-refractivity contribution < 1.29 is 4.39 Å². The van der Waals surface area contributed by atoms with E-state index < -0.39 is 0 Å². The molecule has 1 unspecified atom stereocenters. The number of hydrogen-bond donors (Lipinski definition) is 1. The van der Waals surface area contributed by atoms with Crippen molar-refractivity contribution in [1.29, 1.82) is 0 Å². The van der Waals surface area contributed by atoms with Gasteiger partial charge in [0.15, 0.2) is 0 Å². The van der Waals surface area contributed by atoms with Gasteiger partial charge < -0.3 is 5.32 Å². The molecule has 0 aliphatic carbocycles. The van der Waals surface area contributed by atoms with Gasteiger partial charge in [-0.1, -0.05) is 22.0 Å². The highest BCUT2D eigenvalue weighted by Gasteiger charge is 2.13. The van der Waals surface area contributed by atoms with E-state index in [-0.39, 0.29) is 11.9 Å². The lowest BCUT2D eigenvalue weighted by molar-refractivity contribution is 0.586. The quantitative estimate of drug-likeness (QED) is 0.941. The highest BCUT2D eigenvalue weighted by molar-refractivity contribution is 9.10. The van der Waals surface area contributed by atoms with Crippen LogP contribution in [0.1, 0.15) is 17.2 Å². The summed E-state index contributed by atoms with van der Waals surface area (Å²) in [5, 5.41) is 7.42. The fourth-order valence-corrected chi connectivity index (χ4v) is 2.43. The van der Waals surface area contributed by atoms with Gasteiger partial charge in [-0.15, -0.1) is 0 Å². The summed E-state index contributed by atoms with van der Waals surface area (Å²) in [6.45, 7) is 0. The summed E-state index contributed by atoms with van der Waals surface area (Å²) in [7, 11) is 3.80. The monoisotopic (exact) mass is 311 g/mol. The molecule has 96 valence electrons. The molecular weight excluding hydrogens is 297 g/mol. The van der Waals surface area contributed by atoms with Crippen LogP contribution in [-0.2, 0) is 13.5 Å². The summed E-state index contributed by atoms with van der Waals surface area (Å²) in [4.78, 5) is 0. The third kappa shape index (κ3) is 2.97. The van der Waals surface area contributed by atoms with Crippen molar-refractivity contribution >= 4 is 15.9 Å². The molecule has 0 aliphatic heterocycles. The van der Waals surface area contributed by atoms with Crippen LogP contribution in [0.15, 0.2) is 35.1 Å². The largest absolute Gasteiger partial charge is 0.313 e. The van der Waals surface area contributed by atoms with Crippen LogP contribution in [0.2, 0.25) is 0 Å². The van der Waals surface area contributed by atoms with E-state index in [9.17, 15) is 4.39 Å². The third-order valence-corrected chi connectivity index (χ3v) is 3.65. The molecule has 1 heterocycles. The van der Waals surface area contributed by atoms with Gasteiger partial charge in [0, 0.05) is 29.3 Å². The molecule has 5 heteroatoms. The first-order valence-corrected chi connectivity index (χ1v) is 6.49.